The van der Waals surface area contributed by atoms with Gasteiger partial charge >= 0.3 is 0 Å². The molecule has 0 aliphatic heterocycles. The molecule has 0 aromatic carbocycles. The van der Waals surface area contributed by atoms with Gasteiger partial charge in [-0.25, -0.2) is 0 Å². The van der Waals surface area contributed by atoms with Crippen molar-refractivity contribution in [2.75, 3.05) is 13.7 Å². The SMILES string of the molecule is COCC(=O)N[C@H](C)C(C)C. The molecule has 1 N–H and O–H groups in total. The summed E-state index contributed by atoms with van der Waals surface area (Å²) in [5.74, 6) is 0.421. The minimum atomic E-state index is -0.0475. The molecule has 0 aliphatic carbocycles. The minimum absolute atomic E-state index is 0.0475. The van der Waals surface area contributed by atoms with Gasteiger partial charge in [-0.3, -0.25) is 4.79 Å². The van der Waals surface area contributed by atoms with Crippen molar-refractivity contribution in [2.45, 2.75) is 26.8 Å². The Bertz CT molecular complexity index is 123. The van der Waals surface area contributed by atoms with Crippen LogP contribution in [0.2, 0.25) is 0 Å². The van der Waals surface area contributed by atoms with Crippen molar-refractivity contribution >= 4 is 5.91 Å². The van der Waals surface area contributed by atoms with Crippen molar-refractivity contribution in [3.8, 4) is 0 Å². The fraction of sp³-hybridized carbons (Fsp3) is 0.875. The average Bonchev–Trinajstić information content (AvgIpc) is 1.87. The number of carbonyl (C=O) groups excluding carboxylic acids is 1. The smallest absolute Gasteiger partial charge is 0.246 e. The van der Waals surface area contributed by atoms with E-state index < -0.39 is 0 Å². The van der Waals surface area contributed by atoms with Gasteiger partial charge in [0.1, 0.15) is 6.61 Å². The maximum atomic E-state index is 10.9. The fourth-order valence-corrected chi connectivity index (χ4v) is 0.593. The van der Waals surface area contributed by atoms with E-state index in [-0.39, 0.29) is 18.6 Å². The second-order valence-corrected chi connectivity index (χ2v) is 3.03. The Hall–Kier alpha value is -0.570. The van der Waals surface area contributed by atoms with Gasteiger partial charge in [0.2, 0.25) is 5.91 Å². The maximum absolute atomic E-state index is 10.9. The van der Waals surface area contributed by atoms with E-state index in [0.717, 1.165) is 0 Å². The van der Waals surface area contributed by atoms with Crippen molar-refractivity contribution in [2.24, 2.45) is 5.92 Å². The van der Waals surface area contributed by atoms with Crippen LogP contribution in [0.1, 0.15) is 20.8 Å². The van der Waals surface area contributed by atoms with E-state index in [1.807, 2.05) is 6.92 Å². The van der Waals surface area contributed by atoms with E-state index in [1.54, 1.807) is 0 Å². The summed E-state index contributed by atoms with van der Waals surface area (Å²) in [7, 11) is 1.51. The summed E-state index contributed by atoms with van der Waals surface area (Å²) in [6.07, 6.45) is 0. The lowest BCUT2D eigenvalue weighted by atomic mass is 10.1. The monoisotopic (exact) mass is 159 g/mol. The number of ether oxygens (including phenoxy) is 1. The van der Waals surface area contributed by atoms with Gasteiger partial charge in [-0.2, -0.15) is 0 Å². The predicted octanol–water partition coefficient (Wildman–Crippen LogP) is 0.793. The van der Waals surface area contributed by atoms with Crippen molar-refractivity contribution < 1.29 is 9.53 Å². The molecular formula is C8H17NO2. The lowest BCUT2D eigenvalue weighted by Crippen LogP contribution is -2.38. The average molecular weight is 159 g/mol. The molecule has 1 amide bonds. The van der Waals surface area contributed by atoms with Gasteiger partial charge in [0.25, 0.3) is 0 Å². The van der Waals surface area contributed by atoms with Crippen LogP contribution in [0, 0.1) is 5.92 Å². The Balaban J connectivity index is 3.57. The molecule has 0 unspecified atom stereocenters. The largest absolute Gasteiger partial charge is 0.375 e. The number of hydrogen-bond donors (Lipinski definition) is 1. The number of amides is 1. The highest BCUT2D eigenvalue weighted by Crippen LogP contribution is 1.98. The standard InChI is InChI=1S/C8H17NO2/c1-6(2)7(3)9-8(10)5-11-4/h6-7H,5H2,1-4H3,(H,9,10)/t7-/m1/s1. The molecular weight excluding hydrogens is 142 g/mol. The minimum Gasteiger partial charge on any atom is -0.375 e. The predicted molar refractivity (Wildman–Crippen MR) is 44.3 cm³/mol. The number of hydrogen-bond acceptors (Lipinski definition) is 2. The van der Waals surface area contributed by atoms with Gasteiger partial charge in [-0.15, -0.1) is 0 Å². The second kappa shape index (κ2) is 5.13. The maximum Gasteiger partial charge on any atom is 0.246 e. The molecule has 66 valence electrons. The summed E-state index contributed by atoms with van der Waals surface area (Å²) in [5.41, 5.74) is 0. The molecule has 0 aromatic heterocycles. The van der Waals surface area contributed by atoms with Crippen molar-refractivity contribution in [1.82, 2.24) is 5.32 Å². The van der Waals surface area contributed by atoms with Gasteiger partial charge in [-0.1, -0.05) is 13.8 Å². The van der Waals surface area contributed by atoms with Gasteiger partial charge in [-0.05, 0) is 12.8 Å². The number of nitrogens with one attached hydrogen (secondary N) is 1. The molecule has 1 atom stereocenters. The topological polar surface area (TPSA) is 38.3 Å². The highest BCUT2D eigenvalue weighted by atomic mass is 16.5. The lowest BCUT2D eigenvalue weighted by molar-refractivity contribution is -0.125. The first-order chi connectivity index (χ1) is 5.07. The van der Waals surface area contributed by atoms with Crippen molar-refractivity contribution in [3.63, 3.8) is 0 Å². The van der Waals surface area contributed by atoms with Crippen LogP contribution in [-0.2, 0) is 9.53 Å². The third-order valence-corrected chi connectivity index (χ3v) is 1.66. The van der Waals surface area contributed by atoms with Crippen molar-refractivity contribution in [1.29, 1.82) is 0 Å². The molecule has 0 spiro atoms. The molecule has 0 saturated carbocycles. The molecule has 0 saturated heterocycles. The molecule has 0 fully saturated rings. The second-order valence-electron chi connectivity index (χ2n) is 3.03. The van der Waals surface area contributed by atoms with Gasteiger partial charge in [0.15, 0.2) is 0 Å². The summed E-state index contributed by atoms with van der Waals surface area (Å²) in [5, 5.41) is 2.82. The Labute approximate surface area is 68.1 Å². The van der Waals surface area contributed by atoms with E-state index in [2.05, 4.69) is 23.9 Å². The third-order valence-electron chi connectivity index (χ3n) is 1.66. The van der Waals surface area contributed by atoms with E-state index in [0.29, 0.717) is 5.92 Å². The first-order valence-electron chi connectivity index (χ1n) is 3.86. The number of rotatable bonds is 4. The summed E-state index contributed by atoms with van der Waals surface area (Å²) < 4.78 is 4.67. The first kappa shape index (κ1) is 10.4. The zero-order valence-electron chi connectivity index (χ0n) is 7.68. The molecule has 11 heavy (non-hydrogen) atoms. The van der Waals surface area contributed by atoms with Crippen LogP contribution in [0.5, 0.6) is 0 Å². The number of carbonyl (C=O) groups is 1. The summed E-state index contributed by atoms with van der Waals surface area (Å²) in [4.78, 5) is 10.9. The quantitative estimate of drug-likeness (QED) is 0.658. The summed E-state index contributed by atoms with van der Waals surface area (Å²) >= 11 is 0. The first-order valence-corrected chi connectivity index (χ1v) is 3.86. The lowest BCUT2D eigenvalue weighted by Gasteiger charge is -2.16. The van der Waals surface area contributed by atoms with E-state index >= 15 is 0 Å². The van der Waals surface area contributed by atoms with Crippen LogP contribution in [0.4, 0.5) is 0 Å². The van der Waals surface area contributed by atoms with E-state index in [1.165, 1.54) is 7.11 Å². The number of methoxy groups -OCH3 is 1. The molecule has 3 heteroatoms. The van der Waals surface area contributed by atoms with Gasteiger partial charge < -0.3 is 10.1 Å². The normalized spacial score (nSPS) is 13.2. The van der Waals surface area contributed by atoms with Crippen molar-refractivity contribution in [3.05, 3.63) is 0 Å². The Kier molecular flexibility index (Phi) is 4.86. The fourth-order valence-electron chi connectivity index (χ4n) is 0.593. The van der Waals surface area contributed by atoms with Crippen LogP contribution >= 0.6 is 0 Å². The molecule has 0 aliphatic rings. The van der Waals surface area contributed by atoms with E-state index in [4.69, 9.17) is 0 Å². The van der Waals surface area contributed by atoms with Crippen LogP contribution in [0.3, 0.4) is 0 Å². The van der Waals surface area contributed by atoms with Gasteiger partial charge in [0, 0.05) is 13.2 Å². The zero-order chi connectivity index (χ0) is 8.85. The highest BCUT2D eigenvalue weighted by molar-refractivity contribution is 5.77. The Morgan fingerprint density at radius 2 is 2.00 bits per heavy atom. The highest BCUT2D eigenvalue weighted by Gasteiger charge is 2.09. The molecule has 0 bridgehead atoms. The third kappa shape index (κ3) is 4.79. The van der Waals surface area contributed by atoms with E-state index in [9.17, 15) is 4.79 Å². The van der Waals surface area contributed by atoms with Crippen LogP contribution in [0.25, 0.3) is 0 Å². The van der Waals surface area contributed by atoms with Crippen LogP contribution in [0.15, 0.2) is 0 Å². The molecule has 0 heterocycles. The molecule has 0 radical (unpaired) electrons. The summed E-state index contributed by atoms with van der Waals surface area (Å²) in [6.45, 7) is 6.27. The Morgan fingerprint density at radius 3 is 2.36 bits per heavy atom. The summed E-state index contributed by atoms with van der Waals surface area (Å²) in [6, 6.07) is 0.220. The molecule has 0 rings (SSSR count). The van der Waals surface area contributed by atoms with Crippen LogP contribution in [-0.4, -0.2) is 25.7 Å². The Morgan fingerprint density at radius 1 is 1.45 bits per heavy atom. The molecule has 0 aromatic rings. The zero-order valence-corrected chi connectivity index (χ0v) is 7.68. The van der Waals surface area contributed by atoms with Gasteiger partial charge in [0.05, 0.1) is 0 Å². The van der Waals surface area contributed by atoms with Crippen LogP contribution < -0.4 is 5.32 Å². The molecule has 3 nitrogen and oxygen atoms in total.